The molecule has 186 valence electrons. The molecule has 1 atom stereocenters. The van der Waals surface area contributed by atoms with Gasteiger partial charge in [-0.25, -0.2) is 17.2 Å². The number of nitrogens with zero attached hydrogens (tertiary/aromatic N) is 2. The Hall–Kier alpha value is -2.07. The first-order valence-corrected chi connectivity index (χ1v) is 13.2. The minimum atomic E-state index is -3.62. The molecule has 0 radical (unpaired) electrons. The van der Waals surface area contributed by atoms with Crippen LogP contribution in [0, 0.1) is 11.6 Å². The number of piperazine rings is 1. The molecule has 1 heterocycles. The molecule has 3 aromatic carbocycles. The van der Waals surface area contributed by atoms with Crippen LogP contribution < -0.4 is 0 Å². The standard InChI is InChI=1S/C25H24Cl2F2N2O3S/c26-19-6-4-18(5-7-19)25(34-17-22-23(28)2-1-3-24(22)29)16-30-12-14-31(15-13-30)35(32,33)21-10-8-20(27)9-11-21/h1-11,25H,12-17H2. The molecule has 1 fully saturated rings. The van der Waals surface area contributed by atoms with Crippen LogP contribution in [0.1, 0.15) is 17.2 Å². The van der Waals surface area contributed by atoms with Crippen molar-refractivity contribution in [3.63, 3.8) is 0 Å². The number of benzene rings is 3. The van der Waals surface area contributed by atoms with E-state index in [4.69, 9.17) is 27.9 Å². The van der Waals surface area contributed by atoms with Gasteiger partial charge in [0.1, 0.15) is 11.6 Å². The van der Waals surface area contributed by atoms with E-state index in [0.29, 0.717) is 42.8 Å². The normalized spacial score (nSPS) is 16.3. The first-order valence-electron chi connectivity index (χ1n) is 11.0. The molecule has 35 heavy (non-hydrogen) atoms. The van der Waals surface area contributed by atoms with Gasteiger partial charge in [-0.1, -0.05) is 41.4 Å². The van der Waals surface area contributed by atoms with Crippen LogP contribution in [-0.4, -0.2) is 50.3 Å². The van der Waals surface area contributed by atoms with Crippen molar-refractivity contribution in [3.05, 3.63) is 99.5 Å². The number of hydrogen-bond acceptors (Lipinski definition) is 4. The molecular formula is C25H24Cl2F2N2O3S. The molecule has 0 N–H and O–H groups in total. The number of sulfonamides is 1. The van der Waals surface area contributed by atoms with Crippen LogP contribution >= 0.6 is 23.2 Å². The molecule has 0 aromatic heterocycles. The van der Waals surface area contributed by atoms with Crippen LogP contribution in [0.5, 0.6) is 0 Å². The molecule has 10 heteroatoms. The number of ether oxygens (including phenoxy) is 1. The highest BCUT2D eigenvalue weighted by atomic mass is 35.5. The lowest BCUT2D eigenvalue weighted by Crippen LogP contribution is -2.49. The van der Waals surface area contributed by atoms with Crippen LogP contribution in [0.25, 0.3) is 0 Å². The lowest BCUT2D eigenvalue weighted by atomic mass is 10.1. The maximum Gasteiger partial charge on any atom is 0.243 e. The van der Waals surface area contributed by atoms with Gasteiger partial charge >= 0.3 is 0 Å². The Kier molecular flexibility index (Phi) is 8.42. The number of hydrogen-bond donors (Lipinski definition) is 0. The van der Waals surface area contributed by atoms with Gasteiger partial charge < -0.3 is 4.74 Å². The highest BCUT2D eigenvalue weighted by Crippen LogP contribution is 2.26. The fraction of sp³-hybridized carbons (Fsp3) is 0.280. The average molecular weight is 541 g/mol. The molecule has 1 aliphatic heterocycles. The van der Waals surface area contributed by atoms with Crippen molar-refractivity contribution >= 4 is 33.2 Å². The summed E-state index contributed by atoms with van der Waals surface area (Å²) in [7, 11) is -3.62. The van der Waals surface area contributed by atoms with Gasteiger partial charge in [0.25, 0.3) is 0 Å². The van der Waals surface area contributed by atoms with Gasteiger partial charge in [0.05, 0.1) is 17.6 Å². The van der Waals surface area contributed by atoms with Crippen LogP contribution in [0.15, 0.2) is 71.6 Å². The minimum absolute atomic E-state index is 0.134. The van der Waals surface area contributed by atoms with E-state index in [0.717, 1.165) is 5.56 Å². The topological polar surface area (TPSA) is 49.9 Å². The average Bonchev–Trinajstić information content (AvgIpc) is 2.84. The zero-order valence-electron chi connectivity index (χ0n) is 18.7. The minimum Gasteiger partial charge on any atom is -0.367 e. The van der Waals surface area contributed by atoms with Crippen molar-refractivity contribution < 1.29 is 21.9 Å². The van der Waals surface area contributed by atoms with E-state index in [-0.39, 0.29) is 17.1 Å². The van der Waals surface area contributed by atoms with Crippen molar-refractivity contribution in [3.8, 4) is 0 Å². The van der Waals surface area contributed by atoms with Gasteiger partial charge in [0.2, 0.25) is 10.0 Å². The Morgan fingerprint density at radius 1 is 0.829 bits per heavy atom. The van der Waals surface area contributed by atoms with Gasteiger partial charge in [-0.05, 0) is 54.1 Å². The van der Waals surface area contributed by atoms with Crippen molar-refractivity contribution in [2.75, 3.05) is 32.7 Å². The van der Waals surface area contributed by atoms with Gasteiger partial charge in [-0.2, -0.15) is 4.31 Å². The predicted octanol–water partition coefficient (Wildman–Crippen LogP) is 5.54. The van der Waals surface area contributed by atoms with E-state index in [1.54, 1.807) is 24.3 Å². The zero-order chi connectivity index (χ0) is 25.0. The maximum absolute atomic E-state index is 14.1. The predicted molar refractivity (Wildman–Crippen MR) is 132 cm³/mol. The summed E-state index contributed by atoms with van der Waals surface area (Å²) < 4.78 is 61.6. The largest absolute Gasteiger partial charge is 0.367 e. The Morgan fingerprint density at radius 2 is 1.37 bits per heavy atom. The first kappa shape index (κ1) is 26.0. The molecule has 4 rings (SSSR count). The van der Waals surface area contributed by atoms with E-state index in [9.17, 15) is 17.2 Å². The third-order valence-electron chi connectivity index (χ3n) is 5.94. The van der Waals surface area contributed by atoms with Crippen LogP contribution in [-0.2, 0) is 21.4 Å². The summed E-state index contributed by atoms with van der Waals surface area (Å²) in [4.78, 5) is 2.27. The summed E-state index contributed by atoms with van der Waals surface area (Å²) in [6.07, 6.45) is -0.495. The summed E-state index contributed by atoms with van der Waals surface area (Å²) in [6, 6.07) is 16.9. The Morgan fingerprint density at radius 3 is 1.94 bits per heavy atom. The highest BCUT2D eigenvalue weighted by molar-refractivity contribution is 7.89. The molecule has 0 amide bonds. The van der Waals surface area contributed by atoms with Crippen LogP contribution in [0.4, 0.5) is 8.78 Å². The summed E-state index contributed by atoms with van der Waals surface area (Å²) >= 11 is 11.9. The molecule has 0 spiro atoms. The third kappa shape index (κ3) is 6.39. The molecule has 0 aliphatic carbocycles. The summed E-state index contributed by atoms with van der Waals surface area (Å²) in [6.45, 7) is 1.76. The lowest BCUT2D eigenvalue weighted by molar-refractivity contribution is 0.00547. The fourth-order valence-electron chi connectivity index (χ4n) is 3.93. The zero-order valence-corrected chi connectivity index (χ0v) is 21.0. The van der Waals surface area contributed by atoms with Crippen molar-refractivity contribution in [2.45, 2.75) is 17.6 Å². The monoisotopic (exact) mass is 540 g/mol. The molecule has 0 saturated carbocycles. The van der Waals surface area contributed by atoms with E-state index in [1.165, 1.54) is 34.6 Å². The van der Waals surface area contributed by atoms with Gasteiger partial charge in [0, 0.05) is 48.3 Å². The summed E-state index contributed by atoms with van der Waals surface area (Å²) in [5.74, 6) is -1.33. The van der Waals surface area contributed by atoms with Gasteiger partial charge in [0.15, 0.2) is 0 Å². The van der Waals surface area contributed by atoms with E-state index in [1.807, 2.05) is 12.1 Å². The summed E-state index contributed by atoms with van der Waals surface area (Å²) in [5.41, 5.74) is 0.674. The summed E-state index contributed by atoms with van der Waals surface area (Å²) in [5, 5.41) is 1.03. The van der Waals surface area contributed by atoms with E-state index in [2.05, 4.69) is 4.90 Å². The van der Waals surface area contributed by atoms with E-state index < -0.39 is 27.8 Å². The molecule has 5 nitrogen and oxygen atoms in total. The third-order valence-corrected chi connectivity index (χ3v) is 8.36. The molecule has 1 aliphatic rings. The molecule has 0 bridgehead atoms. The van der Waals surface area contributed by atoms with Gasteiger partial charge in [-0.3, -0.25) is 4.90 Å². The molecule has 3 aromatic rings. The first-order chi connectivity index (χ1) is 16.7. The van der Waals surface area contributed by atoms with Crippen molar-refractivity contribution in [1.29, 1.82) is 0 Å². The Balaban J connectivity index is 1.44. The van der Waals surface area contributed by atoms with Crippen molar-refractivity contribution in [2.24, 2.45) is 0 Å². The number of halogens is 4. The molecule has 1 saturated heterocycles. The van der Waals surface area contributed by atoms with Crippen LogP contribution in [0.3, 0.4) is 0 Å². The van der Waals surface area contributed by atoms with Gasteiger partial charge in [-0.15, -0.1) is 0 Å². The maximum atomic E-state index is 14.1. The molecule has 1 unspecified atom stereocenters. The Labute approximate surface area is 213 Å². The second-order valence-corrected chi connectivity index (χ2v) is 11.0. The molecular weight excluding hydrogens is 517 g/mol. The highest BCUT2D eigenvalue weighted by Gasteiger charge is 2.30. The number of rotatable bonds is 8. The fourth-order valence-corrected chi connectivity index (χ4v) is 5.60. The smallest absolute Gasteiger partial charge is 0.243 e. The second-order valence-electron chi connectivity index (χ2n) is 8.21. The lowest BCUT2D eigenvalue weighted by Gasteiger charge is -2.36. The van der Waals surface area contributed by atoms with E-state index >= 15 is 0 Å². The van der Waals surface area contributed by atoms with Crippen molar-refractivity contribution in [1.82, 2.24) is 9.21 Å². The Bertz CT molecular complexity index is 1230. The van der Waals surface area contributed by atoms with Crippen LogP contribution in [0.2, 0.25) is 10.0 Å². The SMILES string of the molecule is O=S(=O)(c1ccc(Cl)cc1)N1CCN(CC(OCc2c(F)cccc2F)c2ccc(Cl)cc2)CC1. The second kappa shape index (κ2) is 11.3. The quantitative estimate of drug-likeness (QED) is 0.376.